The first-order chi connectivity index (χ1) is 6.07. The van der Waals surface area contributed by atoms with Crippen LogP contribution in [-0.4, -0.2) is 50.8 Å². The van der Waals surface area contributed by atoms with Gasteiger partial charge in [0.2, 0.25) is 0 Å². The molecule has 0 saturated heterocycles. The molecule has 0 aromatic rings. The highest BCUT2D eigenvalue weighted by molar-refractivity contribution is 6.71. The third kappa shape index (κ3) is 2.84. The van der Waals surface area contributed by atoms with Crippen LogP contribution in [0.4, 0.5) is 0 Å². The number of hydrogen-bond donors (Lipinski definition) is 0. The van der Waals surface area contributed by atoms with Crippen molar-refractivity contribution in [3.8, 4) is 0 Å². The fourth-order valence-electron chi connectivity index (χ4n) is 1.07. The average molecular weight is 224 g/mol. The zero-order valence-corrected chi connectivity index (χ0v) is 11.1. The Morgan fingerprint density at radius 3 is 1.38 bits per heavy atom. The van der Waals surface area contributed by atoms with E-state index in [1.54, 1.807) is 32.8 Å². The van der Waals surface area contributed by atoms with E-state index in [-0.39, 0.29) is 0 Å². The molecule has 0 atom stereocenters. The molecular formula is C6H18NO4Si2. The van der Waals surface area contributed by atoms with Crippen molar-refractivity contribution in [2.24, 2.45) is 0 Å². The maximum Gasteiger partial charge on any atom is 0.615 e. The summed E-state index contributed by atoms with van der Waals surface area (Å²) in [6, 6.07) is 0. The maximum absolute atomic E-state index is 5.27. The van der Waals surface area contributed by atoms with Crippen LogP contribution in [0.3, 0.4) is 0 Å². The Balaban J connectivity index is 4.65. The van der Waals surface area contributed by atoms with Crippen molar-refractivity contribution >= 4 is 17.9 Å². The Bertz CT molecular complexity index is 134. The molecule has 0 aromatic heterocycles. The summed E-state index contributed by atoms with van der Waals surface area (Å²) in [7, 11) is 2.72. The molecule has 7 heteroatoms. The zero-order chi connectivity index (χ0) is 10.5. The average Bonchev–Trinajstić information content (AvgIpc) is 2.13. The van der Waals surface area contributed by atoms with Gasteiger partial charge in [-0.25, -0.2) is 0 Å². The summed E-state index contributed by atoms with van der Waals surface area (Å²) in [6.45, 7) is 4.15. The van der Waals surface area contributed by atoms with Crippen molar-refractivity contribution in [1.82, 2.24) is 4.39 Å². The molecule has 13 heavy (non-hydrogen) atoms. The summed E-state index contributed by atoms with van der Waals surface area (Å²) in [5.41, 5.74) is 0. The first-order valence-corrected chi connectivity index (χ1v) is 7.99. The van der Waals surface area contributed by atoms with Crippen LogP contribution in [0.15, 0.2) is 0 Å². The summed E-state index contributed by atoms with van der Waals surface area (Å²) >= 11 is 0. The van der Waals surface area contributed by atoms with Crippen LogP contribution >= 0.6 is 0 Å². The van der Waals surface area contributed by atoms with Crippen LogP contribution in [0.2, 0.25) is 13.1 Å². The minimum atomic E-state index is -2.75. The fraction of sp³-hybridized carbons (Fsp3) is 1.00. The minimum Gasteiger partial charge on any atom is -0.364 e. The summed E-state index contributed by atoms with van der Waals surface area (Å²) in [5.74, 6) is 0. The van der Waals surface area contributed by atoms with Crippen molar-refractivity contribution in [1.29, 1.82) is 0 Å². The van der Waals surface area contributed by atoms with E-state index in [1.165, 1.54) is 0 Å². The monoisotopic (exact) mass is 224 g/mol. The lowest BCUT2D eigenvalue weighted by atomic mass is 11.7. The van der Waals surface area contributed by atoms with Gasteiger partial charge in [0.05, 0.1) is 7.11 Å². The van der Waals surface area contributed by atoms with E-state index >= 15 is 0 Å². The van der Waals surface area contributed by atoms with Crippen molar-refractivity contribution < 1.29 is 18.1 Å². The summed E-state index contributed by atoms with van der Waals surface area (Å²) in [6.07, 6.45) is 0. The van der Waals surface area contributed by atoms with Crippen LogP contribution < -0.4 is 0 Å². The fourth-order valence-corrected chi connectivity index (χ4v) is 5.67. The quantitative estimate of drug-likeness (QED) is 0.485. The molecule has 0 amide bonds. The van der Waals surface area contributed by atoms with Gasteiger partial charge in [-0.15, -0.1) is 0 Å². The molecule has 0 spiro atoms. The largest absolute Gasteiger partial charge is 0.615 e. The topological polar surface area (TPSA) is 40.2 Å². The van der Waals surface area contributed by atoms with Gasteiger partial charge in [-0.3, -0.25) is 0 Å². The molecule has 0 N–H and O–H groups in total. The van der Waals surface area contributed by atoms with Crippen LogP contribution in [0, 0.1) is 0 Å². The second-order valence-corrected chi connectivity index (χ2v) is 7.99. The van der Waals surface area contributed by atoms with E-state index in [0.29, 0.717) is 0 Å². The summed E-state index contributed by atoms with van der Waals surface area (Å²) < 4.78 is 17.5. The van der Waals surface area contributed by atoms with Crippen molar-refractivity contribution in [3.63, 3.8) is 0 Å². The summed E-state index contributed by atoms with van der Waals surface area (Å²) in [4.78, 5) is 5.22. The van der Waals surface area contributed by atoms with Crippen molar-refractivity contribution in [2.45, 2.75) is 13.1 Å². The molecule has 0 saturated carbocycles. The summed E-state index contributed by atoms with van der Waals surface area (Å²) in [5, 5.41) is 0. The van der Waals surface area contributed by atoms with E-state index in [4.69, 9.17) is 18.1 Å². The SMILES string of the molecule is CON([Si](C)C)[Si](OC)(OC)OC. The lowest BCUT2D eigenvalue weighted by Gasteiger charge is -2.35. The Morgan fingerprint density at radius 1 is 0.923 bits per heavy atom. The van der Waals surface area contributed by atoms with E-state index in [1.807, 2.05) is 0 Å². The van der Waals surface area contributed by atoms with E-state index in [2.05, 4.69) is 13.1 Å². The molecule has 1 radical (unpaired) electrons. The van der Waals surface area contributed by atoms with Crippen LogP contribution in [0.25, 0.3) is 0 Å². The van der Waals surface area contributed by atoms with E-state index in [9.17, 15) is 0 Å². The lowest BCUT2D eigenvalue weighted by Crippen LogP contribution is -2.62. The first kappa shape index (κ1) is 13.2. The Morgan fingerprint density at radius 2 is 1.31 bits per heavy atom. The van der Waals surface area contributed by atoms with Gasteiger partial charge in [0.1, 0.15) is 0 Å². The molecule has 0 fully saturated rings. The van der Waals surface area contributed by atoms with E-state index in [0.717, 1.165) is 0 Å². The minimum absolute atomic E-state index is 0.819. The molecule has 0 rings (SSSR count). The molecule has 0 heterocycles. The Kier molecular flexibility index (Phi) is 5.96. The molecule has 5 nitrogen and oxygen atoms in total. The van der Waals surface area contributed by atoms with Gasteiger partial charge in [-0.1, -0.05) is 13.1 Å². The standard InChI is InChI=1S/C6H18NO4Si2/c1-8-7(12(5)6)13(9-2,10-3)11-4/h1-6H3. The zero-order valence-electron chi connectivity index (χ0n) is 9.08. The molecule has 0 aliphatic heterocycles. The Labute approximate surface area is 82.6 Å². The van der Waals surface area contributed by atoms with Gasteiger partial charge in [0.15, 0.2) is 8.96 Å². The molecule has 0 aliphatic carbocycles. The van der Waals surface area contributed by atoms with Crippen molar-refractivity contribution in [3.05, 3.63) is 0 Å². The third-order valence-electron chi connectivity index (χ3n) is 1.61. The number of hydrogen-bond acceptors (Lipinski definition) is 5. The molecule has 0 aliphatic rings. The first-order valence-electron chi connectivity index (χ1n) is 3.88. The van der Waals surface area contributed by atoms with E-state index < -0.39 is 17.9 Å². The third-order valence-corrected chi connectivity index (χ3v) is 7.00. The molecule has 0 unspecified atom stereocenters. The lowest BCUT2D eigenvalue weighted by molar-refractivity contribution is -0.0732. The maximum atomic E-state index is 5.27. The van der Waals surface area contributed by atoms with Gasteiger partial charge in [0.25, 0.3) is 0 Å². The molecule has 79 valence electrons. The molecular weight excluding hydrogens is 206 g/mol. The number of rotatable bonds is 6. The second kappa shape index (κ2) is 5.86. The van der Waals surface area contributed by atoms with Gasteiger partial charge < -0.3 is 18.1 Å². The molecule has 0 aromatic carbocycles. The van der Waals surface area contributed by atoms with Crippen LogP contribution in [0.5, 0.6) is 0 Å². The normalized spacial score (nSPS) is 12.9. The highest BCUT2D eigenvalue weighted by atomic mass is 28.4. The number of nitrogens with zero attached hydrogens (tertiary/aromatic N) is 1. The van der Waals surface area contributed by atoms with Crippen LogP contribution in [-0.2, 0) is 18.1 Å². The van der Waals surface area contributed by atoms with Gasteiger partial charge in [-0.05, 0) is 0 Å². The molecule has 0 bridgehead atoms. The van der Waals surface area contributed by atoms with Gasteiger partial charge in [-0.2, -0.15) is 4.39 Å². The second-order valence-electron chi connectivity index (χ2n) is 2.56. The van der Waals surface area contributed by atoms with Crippen LogP contribution in [0.1, 0.15) is 0 Å². The predicted octanol–water partition coefficient (Wildman–Crippen LogP) is 0.476. The predicted molar refractivity (Wildman–Crippen MR) is 53.1 cm³/mol. The highest BCUT2D eigenvalue weighted by Crippen LogP contribution is 2.14. The van der Waals surface area contributed by atoms with Gasteiger partial charge >= 0.3 is 8.97 Å². The smallest absolute Gasteiger partial charge is 0.364 e. The van der Waals surface area contributed by atoms with Gasteiger partial charge in [0, 0.05) is 21.3 Å². The highest BCUT2D eigenvalue weighted by Gasteiger charge is 2.49. The Hall–Kier alpha value is 0.234. The van der Waals surface area contributed by atoms with Crippen molar-refractivity contribution in [2.75, 3.05) is 28.4 Å².